The third-order valence-electron chi connectivity index (χ3n) is 3.57. The Morgan fingerprint density at radius 1 is 1.37 bits per heavy atom. The van der Waals surface area contributed by atoms with Crippen LogP contribution in [0.5, 0.6) is 0 Å². The molecule has 0 aromatic carbocycles. The molecule has 0 saturated carbocycles. The average molecular weight is 272 g/mol. The molecule has 0 aliphatic carbocycles. The summed E-state index contributed by atoms with van der Waals surface area (Å²) in [6.45, 7) is 7.03. The highest BCUT2D eigenvalue weighted by molar-refractivity contribution is 5.81. The van der Waals surface area contributed by atoms with E-state index in [4.69, 9.17) is 9.84 Å². The van der Waals surface area contributed by atoms with Crippen LogP contribution < -0.4 is 5.32 Å². The summed E-state index contributed by atoms with van der Waals surface area (Å²) in [7, 11) is 1.77. The number of aliphatic carboxylic acids is 1. The molecule has 0 aromatic heterocycles. The van der Waals surface area contributed by atoms with E-state index in [9.17, 15) is 9.59 Å². The van der Waals surface area contributed by atoms with Crippen LogP contribution in [-0.2, 0) is 14.3 Å². The van der Waals surface area contributed by atoms with Gasteiger partial charge in [-0.15, -0.1) is 0 Å². The van der Waals surface area contributed by atoms with Crippen LogP contribution in [0.3, 0.4) is 0 Å². The van der Waals surface area contributed by atoms with Crippen LogP contribution in [-0.4, -0.2) is 60.8 Å². The summed E-state index contributed by atoms with van der Waals surface area (Å²) in [6.07, 6.45) is 0. The lowest BCUT2D eigenvalue weighted by Gasteiger charge is -2.31. The van der Waals surface area contributed by atoms with Crippen LogP contribution in [0.4, 0.5) is 0 Å². The molecule has 0 aromatic rings. The van der Waals surface area contributed by atoms with Crippen LogP contribution >= 0.6 is 0 Å². The molecule has 3 unspecified atom stereocenters. The van der Waals surface area contributed by atoms with Gasteiger partial charge in [-0.25, -0.2) is 0 Å². The van der Waals surface area contributed by atoms with E-state index in [1.165, 1.54) is 0 Å². The van der Waals surface area contributed by atoms with Gasteiger partial charge in [0.15, 0.2) is 0 Å². The Labute approximate surface area is 114 Å². The third kappa shape index (κ3) is 4.18. The molecular weight excluding hydrogens is 248 g/mol. The van der Waals surface area contributed by atoms with Gasteiger partial charge in [0.2, 0.25) is 5.91 Å². The summed E-state index contributed by atoms with van der Waals surface area (Å²) in [6, 6.07) is -0.621. The van der Waals surface area contributed by atoms with Crippen molar-refractivity contribution in [3.05, 3.63) is 0 Å². The van der Waals surface area contributed by atoms with Crippen molar-refractivity contribution in [1.82, 2.24) is 10.2 Å². The highest BCUT2D eigenvalue weighted by atomic mass is 16.5. The number of hydrogen-bond acceptors (Lipinski definition) is 4. The minimum absolute atomic E-state index is 0.0766. The van der Waals surface area contributed by atoms with Gasteiger partial charge in [0, 0.05) is 12.6 Å². The van der Waals surface area contributed by atoms with Crippen molar-refractivity contribution in [2.45, 2.75) is 32.9 Å². The molecule has 6 nitrogen and oxygen atoms in total. The average Bonchev–Trinajstić information content (AvgIpc) is 2.83. The van der Waals surface area contributed by atoms with Crippen LogP contribution in [0.25, 0.3) is 0 Å². The van der Waals surface area contributed by atoms with Gasteiger partial charge in [0.1, 0.15) is 0 Å². The molecule has 1 aliphatic rings. The minimum Gasteiger partial charge on any atom is -0.481 e. The molecule has 1 rings (SSSR count). The molecule has 6 heteroatoms. The second-order valence-corrected chi connectivity index (χ2v) is 5.53. The molecule has 1 aliphatic heterocycles. The van der Waals surface area contributed by atoms with E-state index in [0.29, 0.717) is 19.1 Å². The Kier molecular flexibility index (Phi) is 5.75. The molecular formula is C13H24N2O4. The van der Waals surface area contributed by atoms with E-state index < -0.39 is 11.9 Å². The fourth-order valence-electron chi connectivity index (χ4n) is 2.10. The molecule has 1 amide bonds. The Morgan fingerprint density at radius 2 is 2.00 bits per heavy atom. The molecule has 0 radical (unpaired) electrons. The van der Waals surface area contributed by atoms with Gasteiger partial charge < -0.3 is 15.2 Å². The van der Waals surface area contributed by atoms with Crippen LogP contribution in [0, 0.1) is 11.8 Å². The van der Waals surface area contributed by atoms with Crippen molar-refractivity contribution in [3.63, 3.8) is 0 Å². The number of carboxylic acids is 1. The number of carbonyl (C=O) groups excluding carboxylic acids is 1. The molecule has 19 heavy (non-hydrogen) atoms. The van der Waals surface area contributed by atoms with Crippen molar-refractivity contribution in [1.29, 1.82) is 0 Å². The molecule has 3 atom stereocenters. The predicted octanol–water partition coefficient (Wildman–Crippen LogP) is 0.179. The Bertz CT molecular complexity index is 333. The first kappa shape index (κ1) is 15.9. The molecule has 1 saturated heterocycles. The number of nitrogens with one attached hydrogen (secondary N) is 1. The van der Waals surface area contributed by atoms with E-state index >= 15 is 0 Å². The summed E-state index contributed by atoms with van der Waals surface area (Å²) in [5, 5.41) is 12.0. The second-order valence-electron chi connectivity index (χ2n) is 5.53. The number of carbonyl (C=O) groups is 2. The summed E-state index contributed by atoms with van der Waals surface area (Å²) >= 11 is 0. The Morgan fingerprint density at radius 3 is 2.53 bits per heavy atom. The fraction of sp³-hybridized carbons (Fsp3) is 0.846. The summed E-state index contributed by atoms with van der Waals surface area (Å²) in [5.74, 6) is -1.12. The van der Waals surface area contributed by atoms with E-state index in [0.717, 1.165) is 0 Å². The molecule has 110 valence electrons. The lowest BCUT2D eigenvalue weighted by atomic mass is 10.0. The third-order valence-corrected chi connectivity index (χ3v) is 3.57. The summed E-state index contributed by atoms with van der Waals surface area (Å²) < 4.78 is 5.23. The van der Waals surface area contributed by atoms with Crippen LogP contribution in [0.15, 0.2) is 0 Å². The quantitative estimate of drug-likeness (QED) is 0.721. The van der Waals surface area contributed by atoms with Crippen LogP contribution in [0.2, 0.25) is 0 Å². The highest BCUT2D eigenvalue weighted by Gasteiger charge is 2.39. The van der Waals surface area contributed by atoms with Gasteiger partial charge in [-0.1, -0.05) is 13.8 Å². The number of likely N-dealkylation sites (N-methyl/N-ethyl adjacent to an activating group) is 1. The number of rotatable bonds is 6. The number of amides is 1. The van der Waals surface area contributed by atoms with E-state index in [-0.39, 0.29) is 24.6 Å². The van der Waals surface area contributed by atoms with Crippen LogP contribution in [0.1, 0.15) is 20.8 Å². The van der Waals surface area contributed by atoms with Gasteiger partial charge in [-0.3, -0.25) is 14.5 Å². The second kappa shape index (κ2) is 6.86. The highest BCUT2D eigenvalue weighted by Crippen LogP contribution is 2.20. The van der Waals surface area contributed by atoms with Gasteiger partial charge >= 0.3 is 5.97 Å². The SMILES string of the molecule is CC(C)CNC(=O)C(C)N(C)C1COCC1C(=O)O. The zero-order chi connectivity index (χ0) is 14.6. The zero-order valence-corrected chi connectivity index (χ0v) is 12.0. The first-order valence-corrected chi connectivity index (χ1v) is 6.64. The Balaban J connectivity index is 2.58. The maximum absolute atomic E-state index is 12.0. The van der Waals surface area contributed by atoms with Crippen molar-refractivity contribution in [2.75, 3.05) is 26.8 Å². The predicted molar refractivity (Wildman–Crippen MR) is 70.8 cm³/mol. The minimum atomic E-state index is -0.871. The standard InChI is InChI=1S/C13H24N2O4/c1-8(2)5-14-12(16)9(3)15(4)11-7-19-6-10(11)13(17)18/h8-11H,5-7H2,1-4H3,(H,14,16)(H,17,18). The largest absolute Gasteiger partial charge is 0.481 e. The van der Waals surface area contributed by atoms with E-state index in [1.54, 1.807) is 18.9 Å². The van der Waals surface area contributed by atoms with Gasteiger partial charge in [-0.2, -0.15) is 0 Å². The molecule has 1 fully saturated rings. The van der Waals surface area contributed by atoms with E-state index in [1.807, 2.05) is 13.8 Å². The first-order valence-electron chi connectivity index (χ1n) is 6.64. The van der Waals surface area contributed by atoms with Gasteiger partial charge in [-0.05, 0) is 19.9 Å². The monoisotopic (exact) mass is 272 g/mol. The number of ether oxygens (including phenoxy) is 1. The molecule has 0 spiro atoms. The maximum atomic E-state index is 12.0. The normalized spacial score (nSPS) is 24.7. The number of hydrogen-bond donors (Lipinski definition) is 2. The molecule has 1 heterocycles. The van der Waals surface area contributed by atoms with Crippen molar-refractivity contribution in [3.8, 4) is 0 Å². The lowest BCUT2D eigenvalue weighted by Crippen LogP contribution is -2.51. The number of carboxylic acid groups (broad SMARTS) is 1. The summed E-state index contributed by atoms with van der Waals surface area (Å²) in [4.78, 5) is 24.9. The van der Waals surface area contributed by atoms with Crippen molar-refractivity contribution >= 4 is 11.9 Å². The fourth-order valence-corrected chi connectivity index (χ4v) is 2.10. The topological polar surface area (TPSA) is 78.9 Å². The van der Waals surface area contributed by atoms with Gasteiger partial charge in [0.25, 0.3) is 0 Å². The Hall–Kier alpha value is -1.14. The van der Waals surface area contributed by atoms with Crippen molar-refractivity contribution < 1.29 is 19.4 Å². The lowest BCUT2D eigenvalue weighted by molar-refractivity contribution is -0.144. The summed E-state index contributed by atoms with van der Waals surface area (Å²) in [5.41, 5.74) is 0. The maximum Gasteiger partial charge on any atom is 0.310 e. The molecule has 0 bridgehead atoms. The van der Waals surface area contributed by atoms with Crippen molar-refractivity contribution in [2.24, 2.45) is 11.8 Å². The van der Waals surface area contributed by atoms with Gasteiger partial charge in [0.05, 0.1) is 25.2 Å². The molecule has 2 N–H and O–H groups in total. The number of nitrogens with zero attached hydrogens (tertiary/aromatic N) is 1. The zero-order valence-electron chi connectivity index (χ0n) is 12.0. The first-order chi connectivity index (χ1) is 8.84. The smallest absolute Gasteiger partial charge is 0.310 e. The van der Waals surface area contributed by atoms with E-state index in [2.05, 4.69) is 5.32 Å².